The molecule has 4 nitrogen and oxygen atoms in total. The highest BCUT2D eigenvalue weighted by atomic mass is 127. The molecule has 1 unspecified atom stereocenters. The molecule has 0 bridgehead atoms. The van der Waals surface area contributed by atoms with Crippen molar-refractivity contribution in [1.82, 2.24) is 15.1 Å². The summed E-state index contributed by atoms with van der Waals surface area (Å²) in [5, 5.41) is 5.72. The van der Waals surface area contributed by atoms with E-state index in [1.165, 1.54) is 16.0 Å². The lowest BCUT2D eigenvalue weighted by Crippen LogP contribution is -2.46. The number of benzene rings is 1. The molecular weight excluding hydrogens is 443 g/mol. The van der Waals surface area contributed by atoms with Crippen molar-refractivity contribution in [1.29, 1.82) is 0 Å². The van der Waals surface area contributed by atoms with Crippen LogP contribution in [0.1, 0.15) is 22.0 Å². The van der Waals surface area contributed by atoms with Crippen molar-refractivity contribution in [3.63, 3.8) is 0 Å². The first-order valence-corrected chi connectivity index (χ1v) is 9.29. The van der Waals surface area contributed by atoms with E-state index >= 15 is 0 Å². The van der Waals surface area contributed by atoms with Crippen molar-refractivity contribution >= 4 is 41.3 Å². The predicted octanol–water partition coefficient (Wildman–Crippen LogP) is 3.60. The van der Waals surface area contributed by atoms with Crippen molar-refractivity contribution in [3.05, 3.63) is 57.8 Å². The number of hydrogen-bond donors (Lipinski definition) is 1. The van der Waals surface area contributed by atoms with Gasteiger partial charge in [-0.3, -0.25) is 4.99 Å². The van der Waals surface area contributed by atoms with Crippen LogP contribution >= 0.6 is 35.3 Å². The summed E-state index contributed by atoms with van der Waals surface area (Å²) in [5.74, 6) is 0.993. The third-order valence-corrected chi connectivity index (χ3v) is 5.56. The zero-order chi connectivity index (χ0) is 16.9. The summed E-state index contributed by atoms with van der Waals surface area (Å²) in [6, 6.07) is 13.4. The van der Waals surface area contributed by atoms with Crippen molar-refractivity contribution in [3.8, 4) is 0 Å². The fourth-order valence-electron chi connectivity index (χ4n) is 3.22. The molecule has 0 radical (unpaired) electrons. The summed E-state index contributed by atoms with van der Waals surface area (Å²) in [6.07, 6.45) is 1.08. The average molecular weight is 470 g/mol. The third-order valence-electron chi connectivity index (χ3n) is 4.59. The lowest BCUT2D eigenvalue weighted by atomic mass is 10.0. The number of guanidine groups is 1. The smallest absolute Gasteiger partial charge is 0.194 e. The quantitative estimate of drug-likeness (QED) is 0.421. The molecule has 25 heavy (non-hydrogen) atoms. The number of nitrogens with zero attached hydrogens (tertiary/aromatic N) is 3. The summed E-state index contributed by atoms with van der Waals surface area (Å²) < 4.78 is 0. The van der Waals surface area contributed by atoms with Gasteiger partial charge in [0.25, 0.3) is 0 Å². The fourth-order valence-corrected chi connectivity index (χ4v) is 4.14. The van der Waals surface area contributed by atoms with Crippen LogP contribution < -0.4 is 5.32 Å². The molecule has 0 aliphatic carbocycles. The highest BCUT2D eigenvalue weighted by Gasteiger charge is 2.21. The average Bonchev–Trinajstić information content (AvgIpc) is 3.12. The lowest BCUT2D eigenvalue weighted by Gasteiger charge is -2.33. The molecule has 2 aromatic rings. The van der Waals surface area contributed by atoms with Crippen molar-refractivity contribution < 1.29 is 0 Å². The van der Waals surface area contributed by atoms with Gasteiger partial charge in [-0.1, -0.05) is 30.3 Å². The maximum absolute atomic E-state index is 4.51. The molecule has 1 aliphatic rings. The normalized spacial score (nSPS) is 15.5. The topological polar surface area (TPSA) is 30.9 Å². The monoisotopic (exact) mass is 470 g/mol. The minimum atomic E-state index is 0. The second-order valence-corrected chi connectivity index (χ2v) is 7.34. The van der Waals surface area contributed by atoms with Gasteiger partial charge in [0, 0.05) is 31.6 Å². The summed E-state index contributed by atoms with van der Waals surface area (Å²) >= 11 is 1.81. The Morgan fingerprint density at radius 1 is 1.24 bits per heavy atom. The zero-order valence-corrected chi connectivity index (χ0v) is 18.3. The van der Waals surface area contributed by atoms with E-state index in [0.29, 0.717) is 6.04 Å². The van der Waals surface area contributed by atoms with Crippen LogP contribution in [0.25, 0.3) is 0 Å². The first-order chi connectivity index (χ1) is 11.7. The summed E-state index contributed by atoms with van der Waals surface area (Å²) in [4.78, 5) is 10.5. The van der Waals surface area contributed by atoms with E-state index in [-0.39, 0.29) is 24.0 Å². The Balaban J connectivity index is 0.00000225. The van der Waals surface area contributed by atoms with Crippen LogP contribution in [0.3, 0.4) is 0 Å². The Bertz CT molecular complexity index is 684. The van der Waals surface area contributed by atoms with Crippen LogP contribution in [0.5, 0.6) is 0 Å². The SMILES string of the molecule is CN=C(NCC(c1cccs1)N(C)C)N1CCc2ccccc2C1.I. The molecule has 0 saturated carbocycles. The third kappa shape index (κ3) is 4.95. The van der Waals surface area contributed by atoms with E-state index in [0.717, 1.165) is 32.0 Å². The van der Waals surface area contributed by atoms with Gasteiger partial charge in [0.2, 0.25) is 0 Å². The van der Waals surface area contributed by atoms with E-state index < -0.39 is 0 Å². The van der Waals surface area contributed by atoms with Gasteiger partial charge in [-0.15, -0.1) is 35.3 Å². The van der Waals surface area contributed by atoms with Crippen LogP contribution in [-0.2, 0) is 13.0 Å². The molecular formula is C19H27IN4S. The predicted molar refractivity (Wildman–Crippen MR) is 118 cm³/mol. The highest BCUT2D eigenvalue weighted by molar-refractivity contribution is 14.0. The number of nitrogens with one attached hydrogen (secondary N) is 1. The van der Waals surface area contributed by atoms with E-state index in [4.69, 9.17) is 0 Å². The van der Waals surface area contributed by atoms with Gasteiger partial charge in [0.1, 0.15) is 0 Å². The second kappa shape index (κ2) is 9.54. The number of hydrogen-bond acceptors (Lipinski definition) is 3. The Morgan fingerprint density at radius 3 is 2.64 bits per heavy atom. The van der Waals surface area contributed by atoms with Crippen molar-refractivity contribution in [2.24, 2.45) is 4.99 Å². The van der Waals surface area contributed by atoms with Crippen LogP contribution in [0.15, 0.2) is 46.8 Å². The number of thiophene rings is 1. The molecule has 3 rings (SSSR count). The molecule has 6 heteroatoms. The van der Waals surface area contributed by atoms with Crippen LogP contribution in [0, 0.1) is 0 Å². The molecule has 0 spiro atoms. The molecule has 0 amide bonds. The van der Waals surface area contributed by atoms with Gasteiger partial charge in [0.15, 0.2) is 5.96 Å². The molecule has 0 fully saturated rings. The van der Waals surface area contributed by atoms with Gasteiger partial charge >= 0.3 is 0 Å². The Labute approximate surface area is 172 Å². The van der Waals surface area contributed by atoms with Gasteiger partial charge in [-0.2, -0.15) is 0 Å². The molecule has 1 atom stereocenters. The summed E-state index contributed by atoms with van der Waals surface area (Å²) in [6.45, 7) is 2.81. The Kier molecular flexibility index (Phi) is 7.71. The van der Waals surface area contributed by atoms with E-state index in [1.807, 2.05) is 18.4 Å². The van der Waals surface area contributed by atoms with Crippen molar-refractivity contribution in [2.45, 2.75) is 19.0 Å². The molecule has 136 valence electrons. The summed E-state index contributed by atoms with van der Waals surface area (Å²) in [7, 11) is 6.14. The minimum absolute atomic E-state index is 0. The van der Waals surface area contributed by atoms with Crippen LogP contribution in [0.4, 0.5) is 0 Å². The number of rotatable bonds is 4. The van der Waals surface area contributed by atoms with Gasteiger partial charge in [0.05, 0.1) is 6.04 Å². The first kappa shape index (κ1) is 20.2. The second-order valence-electron chi connectivity index (χ2n) is 6.36. The molecule has 1 aromatic heterocycles. The highest BCUT2D eigenvalue weighted by Crippen LogP contribution is 2.23. The molecule has 1 N–H and O–H groups in total. The van der Waals surface area contributed by atoms with E-state index in [1.54, 1.807) is 0 Å². The number of aliphatic imine (C=N–C) groups is 1. The fraction of sp³-hybridized carbons (Fsp3) is 0.421. The van der Waals surface area contributed by atoms with Crippen molar-refractivity contribution in [2.75, 3.05) is 34.2 Å². The van der Waals surface area contributed by atoms with Gasteiger partial charge in [-0.05, 0) is 43.1 Å². The molecule has 0 saturated heterocycles. The Hall–Kier alpha value is -1.12. The zero-order valence-electron chi connectivity index (χ0n) is 15.1. The maximum atomic E-state index is 4.51. The molecule has 2 heterocycles. The lowest BCUT2D eigenvalue weighted by molar-refractivity contribution is 0.296. The maximum Gasteiger partial charge on any atom is 0.194 e. The van der Waals surface area contributed by atoms with Crippen LogP contribution in [0.2, 0.25) is 0 Å². The number of halogens is 1. The first-order valence-electron chi connectivity index (χ1n) is 8.41. The van der Waals surface area contributed by atoms with E-state index in [2.05, 4.69) is 76.0 Å². The molecule has 1 aliphatic heterocycles. The minimum Gasteiger partial charge on any atom is -0.354 e. The van der Waals surface area contributed by atoms with Crippen LogP contribution in [-0.4, -0.2) is 50.0 Å². The number of likely N-dealkylation sites (N-methyl/N-ethyl adjacent to an activating group) is 1. The molecule has 1 aromatic carbocycles. The largest absolute Gasteiger partial charge is 0.354 e. The summed E-state index contributed by atoms with van der Waals surface area (Å²) in [5.41, 5.74) is 2.88. The van der Waals surface area contributed by atoms with E-state index in [9.17, 15) is 0 Å². The standard InChI is InChI=1S/C19H26N4S.HI/c1-20-19(21-13-17(22(2)3)18-9-6-12-24-18)23-11-10-15-7-4-5-8-16(15)14-23;/h4-9,12,17H,10-11,13-14H2,1-3H3,(H,20,21);1H. The Morgan fingerprint density at radius 2 is 2.00 bits per heavy atom. The van der Waals surface area contributed by atoms with Gasteiger partial charge in [-0.25, -0.2) is 0 Å². The number of fused-ring (bicyclic) bond motifs is 1. The van der Waals surface area contributed by atoms with Gasteiger partial charge < -0.3 is 15.1 Å².